The minimum atomic E-state index is -3.74. The van der Waals surface area contributed by atoms with Crippen molar-refractivity contribution in [2.75, 3.05) is 24.2 Å². The van der Waals surface area contributed by atoms with Crippen LogP contribution in [-0.4, -0.2) is 51.0 Å². The molecule has 0 aliphatic carbocycles. The van der Waals surface area contributed by atoms with Gasteiger partial charge in [-0.3, -0.25) is 13.9 Å². The van der Waals surface area contributed by atoms with E-state index < -0.39 is 28.5 Å². The Kier molecular flexibility index (Phi) is 8.45. The summed E-state index contributed by atoms with van der Waals surface area (Å²) in [5.41, 5.74) is 1.17. The van der Waals surface area contributed by atoms with Crippen LogP contribution < -0.4 is 9.62 Å². The lowest BCUT2D eigenvalue weighted by molar-refractivity contribution is -0.139. The molecule has 1 N–H and O–H groups in total. The van der Waals surface area contributed by atoms with Gasteiger partial charge in [0, 0.05) is 22.5 Å². The Labute approximate surface area is 193 Å². The second-order valence-corrected chi connectivity index (χ2v) is 10.4. The Balaban J connectivity index is 2.36. The van der Waals surface area contributed by atoms with E-state index in [4.69, 9.17) is 0 Å². The first-order valence-corrected chi connectivity index (χ1v) is 12.4. The van der Waals surface area contributed by atoms with Crippen molar-refractivity contribution in [3.05, 3.63) is 63.0 Å². The van der Waals surface area contributed by atoms with Gasteiger partial charge in [-0.15, -0.1) is 0 Å². The number of carbonyl (C=O) groups excluding carboxylic acids is 2. The van der Waals surface area contributed by atoms with Crippen molar-refractivity contribution in [3.8, 4) is 0 Å². The summed E-state index contributed by atoms with van der Waals surface area (Å²) in [6, 6.07) is 13.3. The largest absolute Gasteiger partial charge is 0.357 e. The summed E-state index contributed by atoms with van der Waals surface area (Å²) in [5.74, 6) is -0.826. The first-order chi connectivity index (χ1) is 14.0. The van der Waals surface area contributed by atoms with E-state index in [-0.39, 0.29) is 12.5 Å². The Morgan fingerprint density at radius 3 is 2.23 bits per heavy atom. The lowest BCUT2D eigenvalue weighted by atomic mass is 10.1. The van der Waals surface area contributed by atoms with Crippen molar-refractivity contribution in [1.82, 2.24) is 10.2 Å². The highest BCUT2D eigenvalue weighted by Crippen LogP contribution is 2.23. The summed E-state index contributed by atoms with van der Waals surface area (Å²) in [6.07, 6.45) is 1.04. The van der Waals surface area contributed by atoms with Gasteiger partial charge in [0.2, 0.25) is 21.8 Å². The van der Waals surface area contributed by atoms with Crippen LogP contribution in [0.4, 0.5) is 5.69 Å². The number of likely N-dealkylation sites (N-methyl/N-ethyl adjacent to an activating group) is 1. The molecule has 0 fully saturated rings. The van der Waals surface area contributed by atoms with E-state index in [1.807, 2.05) is 24.3 Å². The molecule has 0 heterocycles. The number of sulfonamides is 1. The van der Waals surface area contributed by atoms with E-state index in [0.29, 0.717) is 10.2 Å². The van der Waals surface area contributed by atoms with Crippen LogP contribution in [0.3, 0.4) is 0 Å². The van der Waals surface area contributed by atoms with Gasteiger partial charge in [0.15, 0.2) is 0 Å². The molecule has 0 radical (unpaired) electrons. The van der Waals surface area contributed by atoms with E-state index in [0.717, 1.165) is 20.6 Å². The molecule has 2 aromatic carbocycles. The quantitative estimate of drug-likeness (QED) is 0.537. The molecule has 2 rings (SSSR count). The van der Waals surface area contributed by atoms with E-state index in [1.165, 1.54) is 11.9 Å². The summed E-state index contributed by atoms with van der Waals surface area (Å²) in [4.78, 5) is 26.8. The SMILES string of the molecule is CNC(=O)C(C)N(Cc1ccc(Br)cc1)C(=O)CN(c1cccc(Br)c1)S(C)(=O)=O. The molecule has 7 nitrogen and oxygen atoms in total. The first-order valence-electron chi connectivity index (χ1n) is 9.01. The van der Waals surface area contributed by atoms with Crippen LogP contribution in [0, 0.1) is 0 Å². The summed E-state index contributed by atoms with van der Waals surface area (Å²) < 4.78 is 27.4. The molecule has 0 aliphatic rings. The van der Waals surface area contributed by atoms with E-state index in [9.17, 15) is 18.0 Å². The average molecular weight is 561 g/mol. The van der Waals surface area contributed by atoms with E-state index in [2.05, 4.69) is 37.2 Å². The minimum Gasteiger partial charge on any atom is -0.357 e. The number of anilines is 1. The van der Waals surface area contributed by atoms with Crippen LogP contribution in [0.5, 0.6) is 0 Å². The van der Waals surface area contributed by atoms with Crippen molar-refractivity contribution in [3.63, 3.8) is 0 Å². The number of hydrogen-bond acceptors (Lipinski definition) is 4. The standard InChI is InChI=1S/C20H23Br2N3O4S/c1-14(20(27)23-2)24(12-15-7-9-16(21)10-8-15)19(26)13-25(30(3,28)29)18-6-4-5-17(22)11-18/h4-11,14H,12-13H2,1-3H3,(H,23,27). The van der Waals surface area contributed by atoms with Gasteiger partial charge >= 0.3 is 0 Å². The summed E-state index contributed by atoms with van der Waals surface area (Å²) >= 11 is 6.69. The van der Waals surface area contributed by atoms with Crippen LogP contribution in [0.1, 0.15) is 12.5 Å². The lowest BCUT2D eigenvalue weighted by Gasteiger charge is -2.31. The number of amides is 2. The number of halogens is 2. The number of nitrogens with one attached hydrogen (secondary N) is 1. The number of carbonyl (C=O) groups is 2. The summed E-state index contributed by atoms with van der Waals surface area (Å²) in [7, 11) is -2.24. The van der Waals surface area contributed by atoms with Crippen LogP contribution in [0.2, 0.25) is 0 Å². The van der Waals surface area contributed by atoms with Crippen LogP contribution in [-0.2, 0) is 26.2 Å². The molecule has 0 saturated heterocycles. The van der Waals surface area contributed by atoms with Gasteiger partial charge in [0.25, 0.3) is 0 Å². The molecule has 0 bridgehead atoms. The van der Waals surface area contributed by atoms with Crippen molar-refractivity contribution >= 4 is 59.4 Å². The van der Waals surface area contributed by atoms with Gasteiger partial charge < -0.3 is 10.2 Å². The highest BCUT2D eigenvalue weighted by atomic mass is 79.9. The molecular weight excluding hydrogens is 538 g/mol. The van der Waals surface area contributed by atoms with Crippen LogP contribution in [0.25, 0.3) is 0 Å². The maximum absolute atomic E-state index is 13.2. The molecule has 10 heteroatoms. The molecular formula is C20H23Br2N3O4S. The van der Waals surface area contributed by atoms with Gasteiger partial charge in [-0.25, -0.2) is 8.42 Å². The Morgan fingerprint density at radius 1 is 1.07 bits per heavy atom. The predicted octanol–water partition coefficient (Wildman–Crippen LogP) is 3.14. The van der Waals surface area contributed by atoms with Gasteiger partial charge in [0.1, 0.15) is 12.6 Å². The van der Waals surface area contributed by atoms with Gasteiger partial charge in [0.05, 0.1) is 11.9 Å². The first kappa shape index (κ1) is 24.4. The zero-order valence-electron chi connectivity index (χ0n) is 16.8. The fraction of sp³-hybridized carbons (Fsp3) is 0.300. The molecule has 1 atom stereocenters. The molecule has 2 amide bonds. The fourth-order valence-corrected chi connectivity index (χ4v) is 4.32. The normalized spacial score (nSPS) is 12.2. The summed E-state index contributed by atoms with van der Waals surface area (Å²) in [5, 5.41) is 2.54. The molecule has 162 valence electrons. The highest BCUT2D eigenvalue weighted by Gasteiger charge is 2.29. The van der Waals surface area contributed by atoms with E-state index in [1.54, 1.807) is 31.2 Å². The molecule has 0 aliphatic heterocycles. The third-order valence-corrected chi connectivity index (χ3v) is 6.62. The Morgan fingerprint density at radius 2 is 1.70 bits per heavy atom. The number of benzene rings is 2. The van der Waals surface area contributed by atoms with Crippen molar-refractivity contribution in [2.24, 2.45) is 0 Å². The van der Waals surface area contributed by atoms with Crippen LogP contribution in [0.15, 0.2) is 57.5 Å². The zero-order valence-corrected chi connectivity index (χ0v) is 20.8. The van der Waals surface area contributed by atoms with Crippen molar-refractivity contribution in [1.29, 1.82) is 0 Å². The van der Waals surface area contributed by atoms with Gasteiger partial charge in [-0.05, 0) is 42.8 Å². The number of hydrogen-bond donors (Lipinski definition) is 1. The second kappa shape index (κ2) is 10.4. The van der Waals surface area contributed by atoms with E-state index >= 15 is 0 Å². The average Bonchev–Trinajstić information content (AvgIpc) is 2.69. The van der Waals surface area contributed by atoms with Gasteiger partial charge in [-0.2, -0.15) is 0 Å². The Hall–Kier alpha value is -1.91. The second-order valence-electron chi connectivity index (χ2n) is 6.69. The maximum Gasteiger partial charge on any atom is 0.244 e. The fourth-order valence-electron chi connectivity index (χ4n) is 2.82. The van der Waals surface area contributed by atoms with Crippen LogP contribution >= 0.6 is 31.9 Å². The van der Waals surface area contributed by atoms with Crippen molar-refractivity contribution in [2.45, 2.75) is 19.5 Å². The smallest absolute Gasteiger partial charge is 0.244 e. The molecule has 30 heavy (non-hydrogen) atoms. The Bertz CT molecular complexity index is 1010. The number of nitrogens with zero attached hydrogens (tertiary/aromatic N) is 2. The lowest BCUT2D eigenvalue weighted by Crippen LogP contribution is -2.50. The molecule has 0 saturated carbocycles. The topological polar surface area (TPSA) is 86.8 Å². The molecule has 0 spiro atoms. The zero-order chi connectivity index (χ0) is 22.5. The molecule has 1 unspecified atom stereocenters. The predicted molar refractivity (Wildman–Crippen MR) is 125 cm³/mol. The molecule has 2 aromatic rings. The monoisotopic (exact) mass is 559 g/mol. The molecule has 0 aromatic heterocycles. The van der Waals surface area contributed by atoms with Crippen molar-refractivity contribution < 1.29 is 18.0 Å². The van der Waals surface area contributed by atoms with Gasteiger partial charge in [-0.1, -0.05) is 50.1 Å². The maximum atomic E-state index is 13.2. The minimum absolute atomic E-state index is 0.163. The third kappa shape index (κ3) is 6.55. The number of rotatable bonds is 8. The third-order valence-electron chi connectivity index (χ3n) is 4.46. The summed E-state index contributed by atoms with van der Waals surface area (Å²) in [6.45, 7) is 1.35. The highest BCUT2D eigenvalue weighted by molar-refractivity contribution is 9.10.